The summed E-state index contributed by atoms with van der Waals surface area (Å²) < 4.78 is 124. The van der Waals surface area contributed by atoms with Gasteiger partial charge in [-0.05, 0) is 6.07 Å². The van der Waals surface area contributed by atoms with Crippen molar-refractivity contribution < 1.29 is 44.3 Å². The molecule has 0 atom stereocenters. The molecule has 142 valence electrons. The molecule has 1 N–H and O–H groups in total. The van der Waals surface area contributed by atoms with Crippen LogP contribution in [0, 0.1) is 17.5 Å². The van der Waals surface area contributed by atoms with Crippen molar-refractivity contribution in [2.45, 2.75) is 12.4 Å². The number of nitrogens with one attached hydrogen (secondary N) is 1. The predicted molar refractivity (Wildman–Crippen MR) is 68.9 cm³/mol. The van der Waals surface area contributed by atoms with Gasteiger partial charge in [0.2, 0.25) is 0 Å². The fourth-order valence-corrected chi connectivity index (χ4v) is 2.27. The van der Waals surface area contributed by atoms with Crippen LogP contribution in [0.4, 0.5) is 39.5 Å². The van der Waals surface area contributed by atoms with Gasteiger partial charge in [-0.1, -0.05) is 0 Å². The maximum atomic E-state index is 14.4. The van der Waals surface area contributed by atoms with Gasteiger partial charge in [0.25, 0.3) is 5.56 Å². The number of benzene rings is 1. The SMILES string of the molecule is COc1c(F)c(-c2c(C(F)(F)F)cc[nH]c2=O)c(F)c(F)c1C(F)(F)F. The monoisotopic (exact) mass is 391 g/mol. The molecule has 3 nitrogen and oxygen atoms in total. The van der Waals surface area contributed by atoms with Gasteiger partial charge in [0.15, 0.2) is 23.2 Å². The lowest BCUT2D eigenvalue weighted by molar-refractivity contribution is -0.142. The van der Waals surface area contributed by atoms with Gasteiger partial charge in [0.1, 0.15) is 5.56 Å². The van der Waals surface area contributed by atoms with Gasteiger partial charge in [0, 0.05) is 6.20 Å². The molecule has 2 rings (SSSR count). The van der Waals surface area contributed by atoms with Gasteiger partial charge in [-0.2, -0.15) is 26.3 Å². The molecule has 0 fully saturated rings. The van der Waals surface area contributed by atoms with E-state index >= 15 is 0 Å². The van der Waals surface area contributed by atoms with Crippen LogP contribution in [0.15, 0.2) is 17.1 Å². The Labute approximate surface area is 138 Å². The zero-order chi connectivity index (χ0) is 20.0. The lowest BCUT2D eigenvalue weighted by Gasteiger charge is -2.18. The second-order valence-corrected chi connectivity index (χ2v) is 4.82. The Bertz CT molecular complexity index is 913. The molecule has 0 aliphatic heterocycles. The van der Waals surface area contributed by atoms with E-state index in [0.29, 0.717) is 13.3 Å². The van der Waals surface area contributed by atoms with E-state index in [1.807, 2.05) is 0 Å². The van der Waals surface area contributed by atoms with E-state index < -0.39 is 63.4 Å². The van der Waals surface area contributed by atoms with Crippen LogP contribution in [-0.4, -0.2) is 12.1 Å². The summed E-state index contributed by atoms with van der Waals surface area (Å²) in [5, 5.41) is 0. The molecule has 1 aromatic heterocycles. The normalized spacial score (nSPS) is 12.4. The summed E-state index contributed by atoms with van der Waals surface area (Å²) >= 11 is 0. The fourth-order valence-electron chi connectivity index (χ4n) is 2.27. The first-order chi connectivity index (χ1) is 11.8. The zero-order valence-corrected chi connectivity index (χ0v) is 12.4. The Morgan fingerprint density at radius 3 is 1.92 bits per heavy atom. The van der Waals surface area contributed by atoms with Crippen LogP contribution in [0.2, 0.25) is 0 Å². The fraction of sp³-hybridized carbons (Fsp3) is 0.214. The highest BCUT2D eigenvalue weighted by Crippen LogP contribution is 2.45. The van der Waals surface area contributed by atoms with E-state index in [1.54, 1.807) is 4.98 Å². The van der Waals surface area contributed by atoms with Gasteiger partial charge in [-0.25, -0.2) is 13.2 Å². The molecule has 0 saturated heterocycles. The number of hydrogen-bond acceptors (Lipinski definition) is 2. The molecule has 0 unspecified atom stereocenters. The molecule has 1 heterocycles. The predicted octanol–water partition coefficient (Wildman–Crippen LogP) is 4.51. The molecule has 0 bridgehead atoms. The molecule has 1 aromatic carbocycles. The van der Waals surface area contributed by atoms with Crippen LogP contribution >= 0.6 is 0 Å². The van der Waals surface area contributed by atoms with Gasteiger partial charge < -0.3 is 9.72 Å². The summed E-state index contributed by atoms with van der Waals surface area (Å²) in [7, 11) is 0.467. The maximum Gasteiger partial charge on any atom is 0.423 e. The highest BCUT2D eigenvalue weighted by Gasteiger charge is 2.44. The van der Waals surface area contributed by atoms with Gasteiger partial charge in [0.05, 0.1) is 23.8 Å². The Morgan fingerprint density at radius 1 is 0.885 bits per heavy atom. The molecule has 2 aromatic rings. The van der Waals surface area contributed by atoms with Crippen molar-refractivity contribution in [1.82, 2.24) is 4.98 Å². The van der Waals surface area contributed by atoms with E-state index in [9.17, 15) is 44.3 Å². The Kier molecular flexibility index (Phi) is 4.73. The minimum atomic E-state index is -5.62. The molecule has 0 amide bonds. The van der Waals surface area contributed by atoms with Crippen molar-refractivity contribution in [2.24, 2.45) is 0 Å². The molecule has 0 aliphatic carbocycles. The number of rotatable bonds is 2. The minimum Gasteiger partial charge on any atom is -0.493 e. The summed E-state index contributed by atoms with van der Waals surface area (Å²) in [6.07, 6.45) is -10.4. The molecular formula is C14H6F9NO2. The first-order valence-corrected chi connectivity index (χ1v) is 6.43. The first kappa shape index (κ1) is 19.7. The number of aromatic amines is 1. The minimum absolute atomic E-state index is 0.220. The molecule has 0 radical (unpaired) electrons. The quantitative estimate of drug-likeness (QED) is 0.605. The third kappa shape index (κ3) is 3.10. The summed E-state index contributed by atoms with van der Waals surface area (Å²) in [6.45, 7) is 0. The zero-order valence-electron chi connectivity index (χ0n) is 12.4. The Morgan fingerprint density at radius 2 is 1.46 bits per heavy atom. The van der Waals surface area contributed by atoms with Crippen LogP contribution in [0.1, 0.15) is 11.1 Å². The van der Waals surface area contributed by atoms with Crippen LogP contribution in [0.3, 0.4) is 0 Å². The molecule has 0 saturated carbocycles. The largest absolute Gasteiger partial charge is 0.493 e. The lowest BCUT2D eigenvalue weighted by atomic mass is 9.97. The second-order valence-electron chi connectivity index (χ2n) is 4.82. The Hall–Kier alpha value is -2.66. The third-order valence-corrected chi connectivity index (χ3v) is 3.28. The number of halogens is 9. The number of hydrogen-bond donors (Lipinski definition) is 1. The number of H-pyrrole nitrogens is 1. The second kappa shape index (κ2) is 6.25. The van der Waals surface area contributed by atoms with Crippen molar-refractivity contribution in [3.8, 4) is 16.9 Å². The van der Waals surface area contributed by atoms with Crippen molar-refractivity contribution in [3.05, 3.63) is 51.2 Å². The Balaban J connectivity index is 3.05. The van der Waals surface area contributed by atoms with E-state index in [1.165, 1.54) is 0 Å². The van der Waals surface area contributed by atoms with Gasteiger partial charge in [-0.3, -0.25) is 4.79 Å². The smallest absolute Gasteiger partial charge is 0.423 e. The number of aromatic nitrogens is 1. The standard InChI is InChI=1S/C14H6F9NO2/c1-26-11-7(14(21,22)23)10(17)8(15)6(9(11)16)5-4(13(18,19)20)2-3-24-12(5)25/h2-3H,1H3,(H,24,25). The molecule has 12 heteroatoms. The number of ether oxygens (including phenoxy) is 1. The summed E-state index contributed by atoms with van der Waals surface area (Å²) in [5.74, 6) is -9.51. The van der Waals surface area contributed by atoms with Crippen LogP contribution in [0.5, 0.6) is 5.75 Å². The van der Waals surface area contributed by atoms with E-state index in [-0.39, 0.29) is 6.07 Å². The van der Waals surface area contributed by atoms with E-state index in [2.05, 4.69) is 4.74 Å². The summed E-state index contributed by atoms with van der Waals surface area (Å²) in [5.41, 5.74) is -9.71. The van der Waals surface area contributed by atoms with Crippen molar-refractivity contribution >= 4 is 0 Å². The number of pyridine rings is 1. The average Bonchev–Trinajstić information content (AvgIpc) is 2.49. The summed E-state index contributed by atoms with van der Waals surface area (Å²) in [6, 6.07) is 0.220. The van der Waals surface area contributed by atoms with Crippen molar-refractivity contribution in [2.75, 3.05) is 7.11 Å². The highest BCUT2D eigenvalue weighted by molar-refractivity contribution is 5.71. The first-order valence-electron chi connectivity index (χ1n) is 6.43. The topological polar surface area (TPSA) is 42.1 Å². The molecule has 0 spiro atoms. The van der Waals surface area contributed by atoms with Crippen molar-refractivity contribution in [3.63, 3.8) is 0 Å². The highest BCUT2D eigenvalue weighted by atomic mass is 19.4. The van der Waals surface area contributed by atoms with Crippen LogP contribution in [-0.2, 0) is 12.4 Å². The number of alkyl halides is 6. The molecular weight excluding hydrogens is 385 g/mol. The van der Waals surface area contributed by atoms with Gasteiger partial charge in [-0.15, -0.1) is 0 Å². The molecule has 26 heavy (non-hydrogen) atoms. The van der Waals surface area contributed by atoms with E-state index in [0.717, 1.165) is 0 Å². The van der Waals surface area contributed by atoms with E-state index in [4.69, 9.17) is 0 Å². The summed E-state index contributed by atoms with van der Waals surface area (Å²) in [4.78, 5) is 13.4. The van der Waals surface area contributed by atoms with Crippen LogP contribution in [0.25, 0.3) is 11.1 Å². The molecule has 0 aliphatic rings. The van der Waals surface area contributed by atoms with Crippen LogP contribution < -0.4 is 10.3 Å². The number of methoxy groups -OCH3 is 1. The van der Waals surface area contributed by atoms with Crippen molar-refractivity contribution in [1.29, 1.82) is 0 Å². The lowest BCUT2D eigenvalue weighted by Crippen LogP contribution is -2.21. The van der Waals surface area contributed by atoms with Gasteiger partial charge >= 0.3 is 12.4 Å². The average molecular weight is 391 g/mol. The maximum absolute atomic E-state index is 14.4. The third-order valence-electron chi connectivity index (χ3n) is 3.28.